The van der Waals surface area contributed by atoms with Gasteiger partial charge in [-0.3, -0.25) is 14.4 Å². The molecule has 1 saturated heterocycles. The number of carbonyl (C=O) groups is 3. The van der Waals surface area contributed by atoms with E-state index in [1.54, 1.807) is 42.5 Å². The number of nitrogens with one attached hydrogen (secondary N) is 1. The van der Waals surface area contributed by atoms with Gasteiger partial charge in [-0.15, -0.1) is 0 Å². The summed E-state index contributed by atoms with van der Waals surface area (Å²) in [4.78, 5) is 40.3. The van der Waals surface area contributed by atoms with Crippen LogP contribution >= 0.6 is 11.6 Å². The predicted molar refractivity (Wildman–Crippen MR) is 113 cm³/mol. The number of hydrogen-bond acceptors (Lipinski definition) is 3. The fraction of sp³-hybridized carbons (Fsp3) is 0.261. The van der Waals surface area contributed by atoms with E-state index in [-0.39, 0.29) is 29.2 Å². The van der Waals surface area contributed by atoms with Gasteiger partial charge in [0.1, 0.15) is 0 Å². The summed E-state index contributed by atoms with van der Waals surface area (Å²) in [6.45, 7) is 3.79. The van der Waals surface area contributed by atoms with Crippen LogP contribution in [0.1, 0.15) is 35.7 Å². The lowest BCUT2D eigenvalue weighted by Crippen LogP contribution is -2.33. The third-order valence-electron chi connectivity index (χ3n) is 5.73. The van der Waals surface area contributed by atoms with Crippen LogP contribution < -0.4 is 10.2 Å². The van der Waals surface area contributed by atoms with Crippen LogP contribution in [0.3, 0.4) is 0 Å². The number of halogens is 1. The monoisotopic (exact) mass is 408 g/mol. The van der Waals surface area contributed by atoms with E-state index in [0.29, 0.717) is 29.2 Å². The first-order valence-corrected chi connectivity index (χ1v) is 9.95. The number of benzene rings is 2. The Bertz CT molecular complexity index is 1060. The van der Waals surface area contributed by atoms with Crippen molar-refractivity contribution in [2.24, 2.45) is 11.8 Å². The molecule has 0 aromatic heterocycles. The molecule has 2 aromatic rings. The Morgan fingerprint density at radius 1 is 1.03 bits per heavy atom. The molecule has 0 radical (unpaired) electrons. The molecule has 3 amide bonds. The van der Waals surface area contributed by atoms with Gasteiger partial charge in [-0.05, 0) is 56.5 Å². The summed E-state index contributed by atoms with van der Waals surface area (Å²) in [5, 5.41) is 3.40. The molecule has 1 heterocycles. The van der Waals surface area contributed by atoms with Crippen molar-refractivity contribution in [3.05, 3.63) is 70.3 Å². The maximum absolute atomic E-state index is 13.1. The first kappa shape index (κ1) is 19.4. The summed E-state index contributed by atoms with van der Waals surface area (Å²) in [6, 6.07) is 12.0. The van der Waals surface area contributed by atoms with Crippen molar-refractivity contribution in [2.75, 3.05) is 10.2 Å². The van der Waals surface area contributed by atoms with E-state index in [1.807, 2.05) is 19.9 Å². The Morgan fingerprint density at radius 3 is 2.55 bits per heavy atom. The molecular weight excluding hydrogens is 388 g/mol. The van der Waals surface area contributed by atoms with Crippen molar-refractivity contribution in [2.45, 2.75) is 26.7 Å². The van der Waals surface area contributed by atoms with E-state index in [9.17, 15) is 14.4 Å². The van der Waals surface area contributed by atoms with Gasteiger partial charge in [0.15, 0.2) is 0 Å². The average Bonchev–Trinajstić information content (AvgIpc) is 2.95. The smallest absolute Gasteiger partial charge is 0.257 e. The number of carbonyl (C=O) groups excluding carboxylic acids is 3. The number of allylic oxidation sites excluding steroid dienone is 2. The fourth-order valence-corrected chi connectivity index (χ4v) is 4.24. The normalized spacial score (nSPS) is 21.1. The zero-order valence-electron chi connectivity index (χ0n) is 16.2. The Hall–Kier alpha value is -2.92. The summed E-state index contributed by atoms with van der Waals surface area (Å²) >= 11 is 6.14. The standard InChI is InChI=1S/C23H21ClN2O3/c1-13-10-11-15-17(12-13)23(29)26(22(15)28)20-9-4-3-6-16(20)21(27)25-19-8-5-7-18(24)14(19)2/h3-10,15,17H,11-12H2,1-2H3,(H,25,27)/t15-,17-/m1/s1. The lowest BCUT2D eigenvalue weighted by molar-refractivity contribution is -0.122. The van der Waals surface area contributed by atoms with Crippen molar-refractivity contribution < 1.29 is 14.4 Å². The number of imide groups is 1. The average molecular weight is 409 g/mol. The topological polar surface area (TPSA) is 66.5 Å². The molecule has 0 bridgehead atoms. The van der Waals surface area contributed by atoms with E-state index < -0.39 is 5.91 Å². The van der Waals surface area contributed by atoms with Gasteiger partial charge in [-0.25, -0.2) is 4.90 Å². The molecule has 2 aromatic carbocycles. The molecule has 2 atom stereocenters. The number of fused-ring (bicyclic) bond motifs is 1. The van der Waals surface area contributed by atoms with E-state index in [4.69, 9.17) is 11.6 Å². The number of hydrogen-bond donors (Lipinski definition) is 1. The molecule has 2 aliphatic rings. The molecule has 0 unspecified atom stereocenters. The van der Waals surface area contributed by atoms with Gasteiger partial charge in [-0.2, -0.15) is 0 Å². The van der Waals surface area contributed by atoms with Crippen LogP contribution in [0.25, 0.3) is 0 Å². The number of amides is 3. The maximum atomic E-state index is 13.1. The molecule has 1 fully saturated rings. The number of para-hydroxylation sites is 1. The van der Waals surface area contributed by atoms with Gasteiger partial charge < -0.3 is 5.32 Å². The van der Waals surface area contributed by atoms with E-state index in [2.05, 4.69) is 5.32 Å². The minimum Gasteiger partial charge on any atom is -0.322 e. The van der Waals surface area contributed by atoms with Crippen molar-refractivity contribution in [1.29, 1.82) is 0 Å². The first-order chi connectivity index (χ1) is 13.9. The van der Waals surface area contributed by atoms with E-state index >= 15 is 0 Å². The van der Waals surface area contributed by atoms with E-state index in [0.717, 1.165) is 11.1 Å². The van der Waals surface area contributed by atoms with Crippen LogP contribution in [0.4, 0.5) is 11.4 Å². The summed E-state index contributed by atoms with van der Waals surface area (Å²) in [5.74, 6) is -1.55. The van der Waals surface area contributed by atoms with Gasteiger partial charge in [0.2, 0.25) is 11.8 Å². The SMILES string of the molecule is CC1=CC[C@H]2C(=O)N(c3ccccc3C(=O)Nc3cccc(Cl)c3C)C(=O)[C@@H]2C1. The number of rotatable bonds is 3. The quantitative estimate of drug-likeness (QED) is 0.588. The van der Waals surface area contributed by atoms with Crippen molar-refractivity contribution in [3.63, 3.8) is 0 Å². The highest BCUT2D eigenvalue weighted by Gasteiger charge is 2.49. The third kappa shape index (κ3) is 3.36. The van der Waals surface area contributed by atoms with Crippen LogP contribution in [0, 0.1) is 18.8 Å². The Labute approximate surface area is 174 Å². The molecule has 148 valence electrons. The first-order valence-electron chi connectivity index (χ1n) is 9.57. The molecule has 6 heteroatoms. The molecule has 5 nitrogen and oxygen atoms in total. The summed E-state index contributed by atoms with van der Waals surface area (Å²) in [6.07, 6.45) is 3.17. The van der Waals surface area contributed by atoms with Gasteiger partial charge in [-0.1, -0.05) is 41.4 Å². The van der Waals surface area contributed by atoms with Gasteiger partial charge in [0.25, 0.3) is 5.91 Å². The molecule has 1 aliphatic heterocycles. The minimum absolute atomic E-state index is 0.230. The Kier molecular flexibility index (Phi) is 5.01. The minimum atomic E-state index is -0.393. The highest BCUT2D eigenvalue weighted by Crippen LogP contribution is 2.40. The summed E-state index contributed by atoms with van der Waals surface area (Å²) < 4.78 is 0. The maximum Gasteiger partial charge on any atom is 0.257 e. The Morgan fingerprint density at radius 2 is 1.76 bits per heavy atom. The second kappa shape index (κ2) is 7.48. The zero-order chi connectivity index (χ0) is 20.7. The lowest BCUT2D eigenvalue weighted by Gasteiger charge is -2.19. The number of anilines is 2. The molecular formula is C23H21ClN2O3. The van der Waals surface area contributed by atoms with Gasteiger partial charge in [0.05, 0.1) is 23.1 Å². The van der Waals surface area contributed by atoms with Crippen LogP contribution in [0.5, 0.6) is 0 Å². The van der Waals surface area contributed by atoms with Gasteiger partial charge >= 0.3 is 0 Å². The highest BCUT2D eigenvalue weighted by molar-refractivity contribution is 6.32. The summed E-state index contributed by atoms with van der Waals surface area (Å²) in [5.41, 5.74) is 3.06. The van der Waals surface area contributed by atoms with Crippen molar-refractivity contribution in [3.8, 4) is 0 Å². The van der Waals surface area contributed by atoms with Crippen LogP contribution in [0.15, 0.2) is 54.1 Å². The molecule has 0 saturated carbocycles. The lowest BCUT2D eigenvalue weighted by atomic mass is 9.82. The molecule has 4 rings (SSSR count). The van der Waals surface area contributed by atoms with Crippen LogP contribution in [-0.4, -0.2) is 17.7 Å². The fourth-order valence-electron chi connectivity index (χ4n) is 4.07. The molecule has 1 aliphatic carbocycles. The molecule has 29 heavy (non-hydrogen) atoms. The Balaban J connectivity index is 1.67. The van der Waals surface area contributed by atoms with Crippen molar-refractivity contribution in [1.82, 2.24) is 0 Å². The molecule has 1 N–H and O–H groups in total. The van der Waals surface area contributed by atoms with Crippen LogP contribution in [0.2, 0.25) is 5.02 Å². The predicted octanol–water partition coefficient (Wildman–Crippen LogP) is 4.75. The second-order valence-electron chi connectivity index (χ2n) is 7.60. The molecule has 0 spiro atoms. The second-order valence-corrected chi connectivity index (χ2v) is 8.01. The van der Waals surface area contributed by atoms with Gasteiger partial charge in [0, 0.05) is 10.7 Å². The van der Waals surface area contributed by atoms with Crippen LogP contribution in [-0.2, 0) is 9.59 Å². The number of nitrogens with zero attached hydrogens (tertiary/aromatic N) is 1. The zero-order valence-corrected chi connectivity index (χ0v) is 17.0. The van der Waals surface area contributed by atoms with E-state index in [1.165, 1.54) is 4.90 Å². The van der Waals surface area contributed by atoms with Crippen molar-refractivity contribution >= 4 is 40.7 Å². The largest absolute Gasteiger partial charge is 0.322 e. The summed E-state index contributed by atoms with van der Waals surface area (Å²) in [7, 11) is 0. The third-order valence-corrected chi connectivity index (χ3v) is 6.14. The highest BCUT2D eigenvalue weighted by atomic mass is 35.5.